The minimum absolute atomic E-state index is 0.208. The quantitative estimate of drug-likeness (QED) is 0.227. The van der Waals surface area contributed by atoms with Crippen LogP contribution in [0.4, 0.5) is 5.95 Å². The van der Waals surface area contributed by atoms with Crippen LogP contribution in [-0.2, 0) is 11.3 Å². The number of carboxylic acids is 1. The minimum Gasteiger partial charge on any atom is -0.481 e. The van der Waals surface area contributed by atoms with E-state index in [-0.39, 0.29) is 12.3 Å². The number of aromatic nitrogens is 3. The van der Waals surface area contributed by atoms with Crippen molar-refractivity contribution >= 4 is 41.3 Å². The van der Waals surface area contributed by atoms with Gasteiger partial charge in [-0.15, -0.1) is 0 Å². The topological polar surface area (TPSA) is 150 Å². The molecule has 2 aromatic heterocycles. The highest BCUT2D eigenvalue weighted by Crippen LogP contribution is 2.31. The van der Waals surface area contributed by atoms with Crippen molar-refractivity contribution in [1.82, 2.24) is 19.9 Å². The summed E-state index contributed by atoms with van der Waals surface area (Å²) in [5.41, 5.74) is 8.64. The molecule has 5 N–H and O–H groups in total. The van der Waals surface area contributed by atoms with Crippen LogP contribution in [0.5, 0.6) is 11.6 Å². The number of carbonyl (C=O) groups is 1. The lowest BCUT2D eigenvalue weighted by Gasteiger charge is -2.31. The fraction of sp³-hybridized carbons (Fsp3) is 0.296. The van der Waals surface area contributed by atoms with Crippen LogP contribution < -0.4 is 15.8 Å². The van der Waals surface area contributed by atoms with Crippen LogP contribution in [0, 0.1) is 11.3 Å². The molecule has 0 aliphatic carbocycles. The second-order valence-corrected chi connectivity index (χ2v) is 10.2. The summed E-state index contributed by atoms with van der Waals surface area (Å²) in [6, 6.07) is 9.10. The third kappa shape index (κ3) is 8.64. The van der Waals surface area contributed by atoms with Gasteiger partial charge in [0.05, 0.1) is 24.6 Å². The number of aliphatic carboxylic acids is 1. The molecule has 0 amide bonds. The van der Waals surface area contributed by atoms with Gasteiger partial charge in [-0.05, 0) is 67.8 Å². The minimum atomic E-state index is -0.745. The number of likely N-dealkylation sites (tertiary alicyclic amines) is 1. The van der Waals surface area contributed by atoms with Crippen LogP contribution in [-0.4, -0.2) is 56.8 Å². The number of carboxylic acid groups (broad SMARTS) is 1. The first-order valence-electron chi connectivity index (χ1n) is 12.4. The van der Waals surface area contributed by atoms with E-state index in [0.29, 0.717) is 52.1 Å². The molecule has 1 aliphatic rings. The molecule has 12 heteroatoms. The van der Waals surface area contributed by atoms with Crippen LogP contribution in [0.15, 0.2) is 54.5 Å². The Morgan fingerprint density at radius 1 is 1.15 bits per heavy atom. The van der Waals surface area contributed by atoms with Gasteiger partial charge in [0, 0.05) is 46.6 Å². The number of hydrogen-bond acceptors (Lipinski definition) is 9. The second kappa shape index (κ2) is 13.4. The number of benzene rings is 1. The van der Waals surface area contributed by atoms with E-state index in [1.165, 1.54) is 18.5 Å². The van der Waals surface area contributed by atoms with Crippen molar-refractivity contribution in [3.63, 3.8) is 0 Å². The Bertz CT molecular complexity index is 1320. The monoisotopic (exact) mass is 569 g/mol. The normalized spacial score (nSPS) is 14.7. The Kier molecular flexibility index (Phi) is 9.69. The lowest BCUT2D eigenvalue weighted by atomic mass is 9.93. The molecule has 10 nitrogen and oxygen atoms in total. The van der Waals surface area contributed by atoms with Gasteiger partial charge >= 0.3 is 5.97 Å². The van der Waals surface area contributed by atoms with Crippen molar-refractivity contribution in [2.75, 3.05) is 25.0 Å². The summed E-state index contributed by atoms with van der Waals surface area (Å²) in [6.07, 6.45) is 7.56. The van der Waals surface area contributed by atoms with Crippen molar-refractivity contribution in [3.8, 4) is 22.9 Å². The number of piperidine rings is 1. The summed E-state index contributed by atoms with van der Waals surface area (Å²) in [5.74, 6) is 0.594. The highest BCUT2D eigenvalue weighted by Gasteiger charge is 2.22. The molecular formula is C27H29Cl2N7O3. The maximum atomic E-state index is 11.1. The van der Waals surface area contributed by atoms with E-state index in [1.807, 2.05) is 12.1 Å². The summed E-state index contributed by atoms with van der Waals surface area (Å²) in [5, 5.41) is 20.1. The molecule has 0 radical (unpaired) electrons. The highest BCUT2D eigenvalue weighted by atomic mass is 35.5. The Balaban J connectivity index is 1.52. The van der Waals surface area contributed by atoms with Gasteiger partial charge in [0.15, 0.2) is 5.75 Å². The van der Waals surface area contributed by atoms with Crippen molar-refractivity contribution in [2.24, 2.45) is 11.7 Å². The lowest BCUT2D eigenvalue weighted by molar-refractivity contribution is -0.138. The predicted octanol–water partition coefficient (Wildman–Crippen LogP) is 5.23. The van der Waals surface area contributed by atoms with E-state index < -0.39 is 5.97 Å². The van der Waals surface area contributed by atoms with E-state index >= 15 is 0 Å². The van der Waals surface area contributed by atoms with E-state index in [4.69, 9.17) is 44.2 Å². The van der Waals surface area contributed by atoms with E-state index in [9.17, 15) is 4.79 Å². The lowest BCUT2D eigenvalue weighted by Crippen LogP contribution is -2.33. The van der Waals surface area contributed by atoms with Gasteiger partial charge in [-0.3, -0.25) is 9.69 Å². The zero-order valence-corrected chi connectivity index (χ0v) is 22.6. The first-order valence-corrected chi connectivity index (χ1v) is 13.1. The molecule has 4 rings (SSSR count). The number of halogens is 2. The zero-order valence-electron chi connectivity index (χ0n) is 21.1. The van der Waals surface area contributed by atoms with E-state index in [0.717, 1.165) is 43.3 Å². The molecule has 1 fully saturated rings. The van der Waals surface area contributed by atoms with Gasteiger partial charge in [-0.25, -0.2) is 15.0 Å². The SMILES string of the molecule is N=C/C=C(\N)CNc1ncc(Oc2cc(CN3CCC(CC(=O)O)CC3)cc(-c3cc(Cl)cc(Cl)c3)n2)cn1. The van der Waals surface area contributed by atoms with Crippen molar-refractivity contribution in [2.45, 2.75) is 25.8 Å². The third-order valence-electron chi connectivity index (χ3n) is 6.20. The van der Waals surface area contributed by atoms with Gasteiger partial charge in [-0.2, -0.15) is 0 Å². The van der Waals surface area contributed by atoms with Crippen LogP contribution >= 0.6 is 23.2 Å². The molecule has 0 spiro atoms. The zero-order chi connectivity index (χ0) is 27.8. The first kappa shape index (κ1) is 28.3. The summed E-state index contributed by atoms with van der Waals surface area (Å²) < 4.78 is 6.03. The average molecular weight is 570 g/mol. The maximum Gasteiger partial charge on any atom is 0.303 e. The molecule has 3 heterocycles. The van der Waals surface area contributed by atoms with E-state index in [2.05, 4.69) is 25.2 Å². The summed E-state index contributed by atoms with van der Waals surface area (Å²) in [6.45, 7) is 2.59. The number of rotatable bonds is 11. The number of anilines is 1. The first-order chi connectivity index (χ1) is 18.8. The average Bonchev–Trinajstić information content (AvgIpc) is 2.89. The van der Waals surface area contributed by atoms with Gasteiger partial charge in [0.1, 0.15) is 0 Å². The third-order valence-corrected chi connectivity index (χ3v) is 6.63. The molecule has 204 valence electrons. The number of allylic oxidation sites excluding steroid dienone is 1. The molecule has 39 heavy (non-hydrogen) atoms. The summed E-state index contributed by atoms with van der Waals surface area (Å²) >= 11 is 12.5. The van der Waals surface area contributed by atoms with Crippen LogP contribution in [0.25, 0.3) is 11.3 Å². The van der Waals surface area contributed by atoms with Crippen molar-refractivity contribution < 1.29 is 14.6 Å². The summed E-state index contributed by atoms with van der Waals surface area (Å²) in [7, 11) is 0. The van der Waals surface area contributed by atoms with Gasteiger partial charge in [0.25, 0.3) is 0 Å². The van der Waals surface area contributed by atoms with Crippen molar-refractivity contribution in [1.29, 1.82) is 5.41 Å². The van der Waals surface area contributed by atoms with Gasteiger partial charge in [-0.1, -0.05) is 23.2 Å². The second-order valence-electron chi connectivity index (χ2n) is 9.28. The molecule has 0 bridgehead atoms. The Labute approximate surface area is 236 Å². The molecule has 1 aromatic carbocycles. The number of nitrogens with zero attached hydrogens (tertiary/aromatic N) is 4. The predicted molar refractivity (Wildman–Crippen MR) is 152 cm³/mol. The molecule has 0 saturated carbocycles. The standard InChI is InChI=1S/C27H29Cl2N7O3/c28-20-10-19(11-21(29)12-20)24-7-18(16-36-5-2-17(3-6-36)9-26(37)38)8-25(35-24)39-23-14-33-27(34-15-23)32-13-22(31)1-4-30/h1,4,7-8,10-12,14-15,17,30H,2-3,5-6,9,13,16,31H2,(H,37,38)(H,32,33,34)/b22-1-,30-4?. The number of hydrogen-bond donors (Lipinski definition) is 4. The highest BCUT2D eigenvalue weighted by molar-refractivity contribution is 6.35. The Hall–Kier alpha value is -3.73. The molecule has 1 saturated heterocycles. The van der Waals surface area contributed by atoms with Crippen molar-refractivity contribution in [3.05, 3.63) is 70.1 Å². The molecular weight excluding hydrogens is 541 g/mol. The molecule has 0 unspecified atom stereocenters. The number of nitrogens with two attached hydrogens (primary N) is 1. The van der Waals surface area contributed by atoms with Gasteiger partial charge in [0.2, 0.25) is 11.8 Å². The van der Waals surface area contributed by atoms with E-state index in [1.54, 1.807) is 18.2 Å². The fourth-order valence-corrected chi connectivity index (χ4v) is 4.86. The van der Waals surface area contributed by atoms with Crippen LogP contribution in [0.2, 0.25) is 10.0 Å². The molecule has 3 aromatic rings. The van der Waals surface area contributed by atoms with Gasteiger partial charge < -0.3 is 26.3 Å². The Morgan fingerprint density at radius 3 is 2.49 bits per heavy atom. The van der Waals surface area contributed by atoms with Crippen LogP contribution in [0.3, 0.4) is 0 Å². The maximum absolute atomic E-state index is 11.1. The smallest absolute Gasteiger partial charge is 0.303 e. The largest absolute Gasteiger partial charge is 0.481 e. The fourth-order valence-electron chi connectivity index (χ4n) is 4.33. The number of ether oxygens (including phenoxy) is 1. The molecule has 1 aliphatic heterocycles. The number of pyridine rings is 1. The Morgan fingerprint density at radius 2 is 1.85 bits per heavy atom. The number of nitrogens with one attached hydrogen (secondary N) is 2. The van der Waals surface area contributed by atoms with Crippen LogP contribution in [0.1, 0.15) is 24.8 Å². The summed E-state index contributed by atoms with van der Waals surface area (Å²) in [4.78, 5) is 26.6. The molecule has 0 atom stereocenters.